The molecule has 7 heteroatoms. The highest BCUT2D eigenvalue weighted by Gasteiger charge is 2.38. The van der Waals surface area contributed by atoms with Crippen LogP contribution in [0.1, 0.15) is 27.7 Å². The minimum Gasteiger partial charge on any atom is -0.464 e. The van der Waals surface area contributed by atoms with Crippen LogP contribution in [0.2, 0.25) is 18.1 Å². The van der Waals surface area contributed by atoms with E-state index in [2.05, 4.69) is 48.7 Å². The first-order valence-electron chi connectivity index (χ1n) is 6.77. The van der Waals surface area contributed by atoms with Crippen molar-refractivity contribution in [2.24, 2.45) is 0 Å². The summed E-state index contributed by atoms with van der Waals surface area (Å²) in [6.45, 7) is 12.4. The van der Waals surface area contributed by atoms with Crippen molar-refractivity contribution in [1.29, 1.82) is 0 Å². The molecule has 0 aliphatic heterocycles. The van der Waals surface area contributed by atoms with Gasteiger partial charge in [0.05, 0.1) is 20.3 Å². The molecule has 0 aromatic heterocycles. The van der Waals surface area contributed by atoms with Gasteiger partial charge in [-0.1, -0.05) is 20.8 Å². The molecule has 0 radical (unpaired) electrons. The number of rotatable bonds is 5. The lowest BCUT2D eigenvalue weighted by Crippen LogP contribution is -2.43. The molecule has 21 heavy (non-hydrogen) atoms. The van der Waals surface area contributed by atoms with Crippen LogP contribution in [0.5, 0.6) is 0 Å². The molecule has 0 aliphatic rings. The summed E-state index contributed by atoms with van der Waals surface area (Å²) in [4.78, 5) is 22.9. The third kappa shape index (κ3) is 6.30. The van der Waals surface area contributed by atoms with Gasteiger partial charge in [0.1, 0.15) is 5.70 Å². The van der Waals surface area contributed by atoms with E-state index in [9.17, 15) is 9.59 Å². The molecule has 1 amide bonds. The minimum atomic E-state index is -1.97. The highest BCUT2D eigenvalue weighted by atomic mass is 28.4. The Hall–Kier alpha value is -1.34. The maximum absolute atomic E-state index is 11.7. The molecule has 1 N–H and O–H groups in total. The predicted octanol–water partition coefficient (Wildman–Crippen LogP) is 2.81. The molecule has 0 rings (SSSR count). The number of methoxy groups -OCH3 is 2. The molecule has 0 aromatic rings. The van der Waals surface area contributed by atoms with Crippen LogP contribution in [0.3, 0.4) is 0 Å². The van der Waals surface area contributed by atoms with Gasteiger partial charge in [0, 0.05) is 0 Å². The average molecular weight is 317 g/mol. The summed E-state index contributed by atoms with van der Waals surface area (Å²) >= 11 is 0. The van der Waals surface area contributed by atoms with E-state index in [0.29, 0.717) is 0 Å². The lowest BCUT2D eigenvalue weighted by atomic mass is 10.2. The van der Waals surface area contributed by atoms with Crippen molar-refractivity contribution in [3.63, 3.8) is 0 Å². The van der Waals surface area contributed by atoms with Crippen molar-refractivity contribution in [3.05, 3.63) is 11.8 Å². The molecule has 0 aliphatic carbocycles. The zero-order valence-corrected chi connectivity index (χ0v) is 15.2. The molecule has 0 spiro atoms. The van der Waals surface area contributed by atoms with Crippen LogP contribution in [-0.4, -0.2) is 40.7 Å². The first-order chi connectivity index (χ1) is 9.44. The smallest absolute Gasteiger partial charge is 0.411 e. The van der Waals surface area contributed by atoms with E-state index in [-0.39, 0.29) is 16.8 Å². The zero-order valence-electron chi connectivity index (χ0n) is 14.2. The van der Waals surface area contributed by atoms with E-state index < -0.39 is 20.4 Å². The van der Waals surface area contributed by atoms with Gasteiger partial charge in [0.15, 0.2) is 8.32 Å². The Morgan fingerprint density at radius 1 is 1.14 bits per heavy atom. The Balaban J connectivity index is 5.11. The SMILES string of the molecule is COC(=O)N/C(=C\[C@H](C)O[Si](C)(C)C(C)(C)C)C(=O)OC. The molecule has 0 bridgehead atoms. The highest BCUT2D eigenvalue weighted by Crippen LogP contribution is 2.37. The van der Waals surface area contributed by atoms with E-state index in [4.69, 9.17) is 4.43 Å². The summed E-state index contributed by atoms with van der Waals surface area (Å²) in [5.41, 5.74) is 0.00978. The van der Waals surface area contributed by atoms with Crippen LogP contribution in [0, 0.1) is 0 Å². The van der Waals surface area contributed by atoms with Crippen molar-refractivity contribution < 1.29 is 23.5 Å². The monoisotopic (exact) mass is 317 g/mol. The van der Waals surface area contributed by atoms with Gasteiger partial charge in [-0.25, -0.2) is 9.59 Å². The van der Waals surface area contributed by atoms with Gasteiger partial charge in [0.2, 0.25) is 0 Å². The number of hydrogen-bond acceptors (Lipinski definition) is 5. The minimum absolute atomic E-state index is 0.00978. The van der Waals surface area contributed by atoms with Gasteiger partial charge in [-0.3, -0.25) is 5.32 Å². The Morgan fingerprint density at radius 3 is 2.05 bits per heavy atom. The topological polar surface area (TPSA) is 73.9 Å². The second kappa shape index (κ2) is 7.60. The largest absolute Gasteiger partial charge is 0.464 e. The Morgan fingerprint density at radius 2 is 1.67 bits per heavy atom. The number of hydrogen-bond donors (Lipinski definition) is 1. The number of amides is 1. The van der Waals surface area contributed by atoms with Crippen LogP contribution in [0.15, 0.2) is 11.8 Å². The van der Waals surface area contributed by atoms with Gasteiger partial charge in [-0.15, -0.1) is 0 Å². The second-order valence-corrected chi connectivity index (χ2v) is 11.0. The number of esters is 1. The third-order valence-electron chi connectivity index (χ3n) is 3.52. The maximum atomic E-state index is 11.7. The molecular formula is C14H27NO5Si. The molecular weight excluding hydrogens is 290 g/mol. The van der Waals surface area contributed by atoms with E-state index >= 15 is 0 Å². The molecule has 0 saturated carbocycles. The summed E-state index contributed by atoms with van der Waals surface area (Å²) in [6.07, 6.45) is 0.465. The number of carbonyl (C=O) groups is 2. The molecule has 0 fully saturated rings. The Kier molecular flexibility index (Phi) is 7.12. The molecule has 0 unspecified atom stereocenters. The van der Waals surface area contributed by atoms with E-state index in [1.165, 1.54) is 20.3 Å². The fraction of sp³-hybridized carbons (Fsp3) is 0.714. The van der Waals surface area contributed by atoms with Gasteiger partial charge in [-0.05, 0) is 31.1 Å². The van der Waals surface area contributed by atoms with Crippen LogP contribution in [-0.2, 0) is 18.7 Å². The summed E-state index contributed by atoms with van der Waals surface area (Å²) < 4.78 is 15.2. The third-order valence-corrected chi connectivity index (χ3v) is 8.09. The average Bonchev–Trinajstić information content (AvgIpc) is 2.34. The predicted molar refractivity (Wildman–Crippen MR) is 83.4 cm³/mol. The molecule has 0 saturated heterocycles. The summed E-state index contributed by atoms with van der Waals surface area (Å²) in [5, 5.41) is 2.39. The summed E-state index contributed by atoms with van der Waals surface area (Å²) in [5.74, 6) is -0.647. The normalized spacial score (nSPS) is 14.4. The van der Waals surface area contributed by atoms with Crippen LogP contribution in [0.4, 0.5) is 4.79 Å². The van der Waals surface area contributed by atoms with E-state index in [0.717, 1.165) is 0 Å². The number of nitrogens with one attached hydrogen (secondary N) is 1. The summed E-state index contributed by atoms with van der Waals surface area (Å²) in [6, 6.07) is 0. The zero-order chi connectivity index (χ0) is 16.8. The first kappa shape index (κ1) is 19.7. The van der Waals surface area contributed by atoms with Crippen LogP contribution in [0.25, 0.3) is 0 Å². The van der Waals surface area contributed by atoms with E-state index in [1.807, 2.05) is 6.92 Å². The number of carbonyl (C=O) groups excluding carboxylic acids is 2. The lowest BCUT2D eigenvalue weighted by molar-refractivity contribution is -0.136. The van der Waals surface area contributed by atoms with Crippen molar-refractivity contribution in [2.45, 2.75) is 51.9 Å². The fourth-order valence-corrected chi connectivity index (χ4v) is 2.69. The van der Waals surface area contributed by atoms with Crippen molar-refractivity contribution in [3.8, 4) is 0 Å². The molecule has 1 atom stereocenters. The molecule has 122 valence electrons. The van der Waals surface area contributed by atoms with Crippen LogP contribution < -0.4 is 5.32 Å². The van der Waals surface area contributed by atoms with Gasteiger partial charge < -0.3 is 13.9 Å². The first-order valence-corrected chi connectivity index (χ1v) is 9.68. The second-order valence-electron chi connectivity index (χ2n) is 6.27. The van der Waals surface area contributed by atoms with Gasteiger partial charge in [0.25, 0.3) is 0 Å². The standard InChI is InChI=1S/C14H27NO5Si/c1-10(20-21(7,8)14(2,3)4)9-11(12(16)18-5)15-13(17)19-6/h9-10H,1-8H3,(H,15,17)/b11-9-/t10-/m0/s1. The fourth-order valence-electron chi connectivity index (χ4n) is 1.34. The lowest BCUT2D eigenvalue weighted by Gasteiger charge is -2.37. The highest BCUT2D eigenvalue weighted by molar-refractivity contribution is 6.74. The maximum Gasteiger partial charge on any atom is 0.411 e. The number of ether oxygens (including phenoxy) is 2. The van der Waals surface area contributed by atoms with Gasteiger partial charge in [-0.2, -0.15) is 0 Å². The van der Waals surface area contributed by atoms with Gasteiger partial charge >= 0.3 is 12.1 Å². The van der Waals surface area contributed by atoms with Crippen molar-refractivity contribution >= 4 is 20.4 Å². The number of alkyl carbamates (subject to hydrolysis) is 1. The molecule has 0 heterocycles. The summed E-state index contributed by atoms with van der Waals surface area (Å²) in [7, 11) is 0.498. The Labute approximate surface area is 128 Å². The van der Waals surface area contributed by atoms with E-state index in [1.54, 1.807) is 0 Å². The van der Waals surface area contributed by atoms with Crippen molar-refractivity contribution in [2.75, 3.05) is 14.2 Å². The van der Waals surface area contributed by atoms with Crippen molar-refractivity contribution in [1.82, 2.24) is 5.32 Å². The van der Waals surface area contributed by atoms with Crippen LogP contribution >= 0.6 is 0 Å². The molecule has 6 nitrogen and oxygen atoms in total. The quantitative estimate of drug-likeness (QED) is 0.479. The Bertz CT molecular complexity index is 412. The molecule has 0 aromatic carbocycles.